The monoisotopic (exact) mass is 266 g/mol. The summed E-state index contributed by atoms with van der Waals surface area (Å²) >= 11 is 5.20. The molecule has 1 aromatic heterocycles. The van der Waals surface area contributed by atoms with Crippen LogP contribution in [0.4, 0.5) is 0 Å². The van der Waals surface area contributed by atoms with Gasteiger partial charge in [0.25, 0.3) is 0 Å². The quantitative estimate of drug-likeness (QED) is 0.707. The number of hydrogen-bond acceptors (Lipinski definition) is 1. The van der Waals surface area contributed by atoms with Crippen LogP contribution in [0, 0.1) is 0 Å². The minimum Gasteiger partial charge on any atom is -0.144 e. The molecule has 1 heterocycles. The van der Waals surface area contributed by atoms with Crippen molar-refractivity contribution >= 4 is 43.4 Å². The van der Waals surface area contributed by atoms with E-state index in [4.69, 9.17) is 0 Å². The van der Waals surface area contributed by atoms with Crippen LogP contribution in [0.2, 0.25) is 0 Å². The Morgan fingerprint density at radius 2 is 2.21 bits per heavy atom. The van der Waals surface area contributed by atoms with Crippen LogP contribution in [0.15, 0.2) is 35.7 Å². The molecule has 2 rings (SSSR count). The van der Waals surface area contributed by atoms with E-state index in [2.05, 4.69) is 57.7 Å². The zero-order chi connectivity index (χ0) is 9.80. The molecule has 14 heavy (non-hydrogen) atoms. The number of alkyl halides is 1. The summed E-state index contributed by atoms with van der Waals surface area (Å²) in [6.45, 7) is 0. The molecule has 0 radical (unpaired) electrons. The lowest BCUT2D eigenvalue weighted by Gasteiger charge is -1.93. The summed E-state index contributed by atoms with van der Waals surface area (Å²) in [5.74, 6) is 0. The van der Waals surface area contributed by atoms with E-state index >= 15 is 0 Å². The number of halogens is 1. The SMILES string of the molecule is BrCC/C=C/c1ccc2sccc2c1. The molecule has 0 bridgehead atoms. The Bertz CT molecular complexity index is 442. The highest BCUT2D eigenvalue weighted by Crippen LogP contribution is 2.22. The van der Waals surface area contributed by atoms with E-state index in [0.717, 1.165) is 11.8 Å². The largest absolute Gasteiger partial charge is 0.144 e. The van der Waals surface area contributed by atoms with E-state index in [-0.39, 0.29) is 0 Å². The van der Waals surface area contributed by atoms with Crippen molar-refractivity contribution < 1.29 is 0 Å². The second-order valence-corrected chi connectivity index (χ2v) is 4.84. The maximum Gasteiger partial charge on any atom is 0.0343 e. The molecule has 1 aromatic carbocycles. The van der Waals surface area contributed by atoms with Crippen molar-refractivity contribution in [3.63, 3.8) is 0 Å². The lowest BCUT2D eigenvalue weighted by Crippen LogP contribution is -1.71. The van der Waals surface area contributed by atoms with Crippen LogP contribution in [0.5, 0.6) is 0 Å². The molecule has 0 spiro atoms. The first-order valence-electron chi connectivity index (χ1n) is 4.60. The molecule has 0 aliphatic rings. The highest BCUT2D eigenvalue weighted by Gasteiger charge is 1.94. The van der Waals surface area contributed by atoms with Gasteiger partial charge in [-0.15, -0.1) is 11.3 Å². The summed E-state index contributed by atoms with van der Waals surface area (Å²) in [5.41, 5.74) is 1.29. The van der Waals surface area contributed by atoms with Gasteiger partial charge in [-0.25, -0.2) is 0 Å². The molecule has 0 amide bonds. The fraction of sp³-hybridized carbons (Fsp3) is 0.167. The first-order chi connectivity index (χ1) is 6.90. The van der Waals surface area contributed by atoms with E-state index in [9.17, 15) is 0 Å². The first-order valence-corrected chi connectivity index (χ1v) is 6.60. The van der Waals surface area contributed by atoms with Crippen molar-refractivity contribution in [3.8, 4) is 0 Å². The first kappa shape index (κ1) is 9.94. The molecule has 0 atom stereocenters. The molecular formula is C12H11BrS. The molecule has 0 saturated carbocycles. The van der Waals surface area contributed by atoms with Crippen LogP contribution in [-0.2, 0) is 0 Å². The highest BCUT2D eigenvalue weighted by atomic mass is 79.9. The Labute approximate surface area is 96.4 Å². The van der Waals surface area contributed by atoms with Gasteiger partial charge in [-0.2, -0.15) is 0 Å². The van der Waals surface area contributed by atoms with Gasteiger partial charge in [-0.05, 0) is 40.9 Å². The smallest absolute Gasteiger partial charge is 0.0343 e. The molecular weight excluding hydrogens is 256 g/mol. The average molecular weight is 267 g/mol. The van der Waals surface area contributed by atoms with Crippen LogP contribution in [0.25, 0.3) is 16.2 Å². The summed E-state index contributed by atoms with van der Waals surface area (Å²) in [6.07, 6.45) is 5.46. The number of thiophene rings is 1. The molecule has 0 unspecified atom stereocenters. The van der Waals surface area contributed by atoms with Gasteiger partial charge in [-0.3, -0.25) is 0 Å². The van der Waals surface area contributed by atoms with E-state index in [1.54, 1.807) is 11.3 Å². The van der Waals surface area contributed by atoms with Crippen LogP contribution in [-0.4, -0.2) is 5.33 Å². The van der Waals surface area contributed by atoms with Gasteiger partial charge in [0.2, 0.25) is 0 Å². The standard InChI is InChI=1S/C12H11BrS/c13-7-2-1-3-10-4-5-12-11(9-10)6-8-14-12/h1,3-6,8-9H,2,7H2/b3-1+. The fourth-order valence-electron chi connectivity index (χ4n) is 1.37. The van der Waals surface area contributed by atoms with Gasteiger partial charge < -0.3 is 0 Å². The molecule has 0 aliphatic heterocycles. The minimum absolute atomic E-state index is 1.03. The number of rotatable bonds is 3. The van der Waals surface area contributed by atoms with E-state index in [0.29, 0.717) is 0 Å². The van der Waals surface area contributed by atoms with Gasteiger partial charge in [0, 0.05) is 10.0 Å². The topological polar surface area (TPSA) is 0 Å². The van der Waals surface area contributed by atoms with Crippen molar-refractivity contribution in [2.24, 2.45) is 0 Å². The molecule has 0 N–H and O–H groups in total. The van der Waals surface area contributed by atoms with Gasteiger partial charge in [-0.1, -0.05) is 34.1 Å². The zero-order valence-electron chi connectivity index (χ0n) is 7.74. The van der Waals surface area contributed by atoms with E-state index in [1.165, 1.54) is 15.6 Å². The van der Waals surface area contributed by atoms with Gasteiger partial charge >= 0.3 is 0 Å². The predicted molar refractivity (Wildman–Crippen MR) is 69.3 cm³/mol. The number of allylic oxidation sites excluding steroid dienone is 1. The van der Waals surface area contributed by atoms with Crippen molar-refractivity contribution in [1.82, 2.24) is 0 Å². The predicted octanol–water partition coefficient (Wildman–Crippen LogP) is 4.70. The molecule has 2 aromatic rings. The summed E-state index contributed by atoms with van der Waals surface area (Å²) in [6, 6.07) is 8.76. The van der Waals surface area contributed by atoms with E-state index in [1.807, 2.05) is 0 Å². The second kappa shape index (κ2) is 4.76. The average Bonchev–Trinajstić information content (AvgIpc) is 2.65. The minimum atomic E-state index is 1.03. The normalized spacial score (nSPS) is 11.5. The molecule has 0 aliphatic carbocycles. The third kappa shape index (κ3) is 2.25. The summed E-state index contributed by atoms with van der Waals surface area (Å²) in [4.78, 5) is 0. The van der Waals surface area contributed by atoms with Crippen LogP contribution >= 0.6 is 27.3 Å². The van der Waals surface area contributed by atoms with Gasteiger partial charge in [0.1, 0.15) is 0 Å². The van der Waals surface area contributed by atoms with Crippen molar-refractivity contribution in [1.29, 1.82) is 0 Å². The molecule has 0 nitrogen and oxygen atoms in total. The fourth-order valence-corrected chi connectivity index (χ4v) is 2.41. The zero-order valence-corrected chi connectivity index (χ0v) is 10.1. The Morgan fingerprint density at radius 1 is 1.29 bits per heavy atom. The Hall–Kier alpha value is -0.600. The van der Waals surface area contributed by atoms with Crippen molar-refractivity contribution in [2.45, 2.75) is 6.42 Å². The van der Waals surface area contributed by atoms with Crippen LogP contribution in [0.1, 0.15) is 12.0 Å². The van der Waals surface area contributed by atoms with Crippen LogP contribution in [0.3, 0.4) is 0 Å². The van der Waals surface area contributed by atoms with Crippen molar-refractivity contribution in [3.05, 3.63) is 41.3 Å². The molecule has 0 fully saturated rings. The molecule has 0 saturated heterocycles. The van der Waals surface area contributed by atoms with Crippen molar-refractivity contribution in [2.75, 3.05) is 5.33 Å². The lowest BCUT2D eigenvalue weighted by molar-refractivity contribution is 1.27. The maximum absolute atomic E-state index is 3.41. The van der Waals surface area contributed by atoms with Gasteiger partial charge in [0.15, 0.2) is 0 Å². The lowest BCUT2D eigenvalue weighted by atomic mass is 10.1. The number of benzene rings is 1. The Morgan fingerprint density at radius 3 is 3.07 bits per heavy atom. The van der Waals surface area contributed by atoms with E-state index < -0.39 is 0 Å². The Kier molecular flexibility index (Phi) is 3.38. The highest BCUT2D eigenvalue weighted by molar-refractivity contribution is 9.09. The number of hydrogen-bond donors (Lipinski definition) is 0. The van der Waals surface area contributed by atoms with Gasteiger partial charge in [0.05, 0.1) is 0 Å². The Balaban J connectivity index is 2.25. The molecule has 72 valence electrons. The third-order valence-corrected chi connectivity index (χ3v) is 3.42. The summed E-state index contributed by atoms with van der Waals surface area (Å²) in [7, 11) is 0. The summed E-state index contributed by atoms with van der Waals surface area (Å²) in [5, 5.41) is 4.51. The summed E-state index contributed by atoms with van der Waals surface area (Å²) < 4.78 is 1.36. The second-order valence-electron chi connectivity index (χ2n) is 3.10. The third-order valence-electron chi connectivity index (χ3n) is 2.06. The maximum atomic E-state index is 3.41. The van der Waals surface area contributed by atoms with Crippen LogP contribution < -0.4 is 0 Å². The number of fused-ring (bicyclic) bond motifs is 1. The molecule has 2 heteroatoms.